The third kappa shape index (κ3) is 2.64. The number of aliphatic hydroxyl groups is 1. The SMILES string of the molecule is CN1c2ccc(Br)cc2[C@@H]2[C@@H](CCN2C(=O)c2ccccn2)[C@@H]1CO. The molecule has 0 saturated carbocycles. The molecule has 3 atom stereocenters. The van der Waals surface area contributed by atoms with Crippen LogP contribution in [0.25, 0.3) is 0 Å². The van der Waals surface area contributed by atoms with E-state index in [1.54, 1.807) is 12.3 Å². The van der Waals surface area contributed by atoms with Crippen molar-refractivity contribution in [3.8, 4) is 0 Å². The number of carbonyl (C=O) groups excluding carboxylic acids is 1. The average molecular weight is 402 g/mol. The van der Waals surface area contributed by atoms with Crippen LogP contribution in [0.5, 0.6) is 0 Å². The third-order valence-electron chi connectivity index (χ3n) is 5.46. The molecule has 25 heavy (non-hydrogen) atoms. The predicted molar refractivity (Wildman–Crippen MR) is 99.5 cm³/mol. The van der Waals surface area contributed by atoms with E-state index in [0.717, 1.165) is 22.1 Å². The van der Waals surface area contributed by atoms with Crippen LogP contribution in [0.3, 0.4) is 0 Å². The van der Waals surface area contributed by atoms with Gasteiger partial charge in [-0.15, -0.1) is 0 Å². The number of halogens is 1. The number of benzene rings is 1. The van der Waals surface area contributed by atoms with Crippen molar-refractivity contribution in [2.24, 2.45) is 5.92 Å². The zero-order chi connectivity index (χ0) is 17.6. The quantitative estimate of drug-likeness (QED) is 0.840. The fraction of sp³-hybridized carbons (Fsp3) is 0.368. The molecule has 0 bridgehead atoms. The number of fused-ring (bicyclic) bond motifs is 3. The zero-order valence-corrected chi connectivity index (χ0v) is 15.6. The molecule has 1 fully saturated rings. The van der Waals surface area contributed by atoms with Crippen LogP contribution in [-0.4, -0.2) is 47.1 Å². The molecule has 0 unspecified atom stereocenters. The first kappa shape index (κ1) is 16.5. The van der Waals surface area contributed by atoms with E-state index < -0.39 is 0 Å². The first-order valence-electron chi connectivity index (χ1n) is 8.47. The lowest BCUT2D eigenvalue weighted by molar-refractivity contribution is 0.0688. The number of hydrogen-bond acceptors (Lipinski definition) is 4. The lowest BCUT2D eigenvalue weighted by Gasteiger charge is -2.44. The molecular formula is C19H20BrN3O2. The summed E-state index contributed by atoms with van der Waals surface area (Å²) in [7, 11) is 2.02. The Morgan fingerprint density at radius 3 is 2.92 bits per heavy atom. The van der Waals surface area contributed by atoms with Gasteiger partial charge in [0.1, 0.15) is 5.69 Å². The Morgan fingerprint density at radius 2 is 2.20 bits per heavy atom. The lowest BCUT2D eigenvalue weighted by atomic mass is 9.82. The molecule has 0 radical (unpaired) electrons. The van der Waals surface area contributed by atoms with E-state index in [-0.39, 0.29) is 30.5 Å². The Balaban J connectivity index is 1.79. The smallest absolute Gasteiger partial charge is 0.272 e. The molecule has 1 aromatic heterocycles. The van der Waals surface area contributed by atoms with Crippen molar-refractivity contribution >= 4 is 27.5 Å². The molecule has 3 heterocycles. The molecule has 1 amide bonds. The highest BCUT2D eigenvalue weighted by Gasteiger charge is 2.47. The summed E-state index contributed by atoms with van der Waals surface area (Å²) < 4.78 is 0.998. The standard InChI is InChI=1S/C19H20BrN3O2/c1-22-16-6-5-12(20)10-14(16)18-13(17(22)11-24)7-9-23(18)19(25)15-4-2-3-8-21-15/h2-6,8,10,13,17-18,24H,7,9,11H2,1H3/t13-,17-,18-/m0/s1. The van der Waals surface area contributed by atoms with E-state index in [1.807, 2.05) is 30.1 Å². The van der Waals surface area contributed by atoms with Crippen molar-refractivity contribution in [3.63, 3.8) is 0 Å². The van der Waals surface area contributed by atoms with Crippen LogP contribution in [0, 0.1) is 5.92 Å². The number of aromatic nitrogens is 1. The van der Waals surface area contributed by atoms with Crippen molar-refractivity contribution in [2.45, 2.75) is 18.5 Å². The number of rotatable bonds is 2. The van der Waals surface area contributed by atoms with Crippen molar-refractivity contribution < 1.29 is 9.90 Å². The number of aliphatic hydroxyl groups excluding tert-OH is 1. The first-order chi connectivity index (χ1) is 12.1. The molecule has 4 rings (SSSR count). The molecule has 6 heteroatoms. The summed E-state index contributed by atoms with van der Waals surface area (Å²) in [5.41, 5.74) is 2.68. The van der Waals surface area contributed by atoms with Gasteiger partial charge in [0, 0.05) is 35.9 Å². The van der Waals surface area contributed by atoms with Crippen molar-refractivity contribution in [3.05, 3.63) is 58.3 Å². The van der Waals surface area contributed by atoms with E-state index in [4.69, 9.17) is 0 Å². The number of carbonyl (C=O) groups is 1. The van der Waals surface area contributed by atoms with Crippen molar-refractivity contribution in [2.75, 3.05) is 25.1 Å². The van der Waals surface area contributed by atoms with Gasteiger partial charge in [-0.05, 0) is 42.3 Å². The fourth-order valence-corrected chi connectivity index (χ4v) is 4.67. The second-order valence-corrected chi connectivity index (χ2v) is 7.59. The Kier molecular flexibility index (Phi) is 4.25. The summed E-state index contributed by atoms with van der Waals surface area (Å²) in [6.07, 6.45) is 2.53. The maximum Gasteiger partial charge on any atom is 0.272 e. The first-order valence-corrected chi connectivity index (χ1v) is 9.26. The van der Waals surface area contributed by atoms with Gasteiger partial charge in [-0.25, -0.2) is 0 Å². The van der Waals surface area contributed by atoms with Gasteiger partial charge >= 0.3 is 0 Å². The summed E-state index contributed by atoms with van der Waals surface area (Å²) >= 11 is 3.56. The topological polar surface area (TPSA) is 56.7 Å². The molecule has 2 aliphatic heterocycles. The monoisotopic (exact) mass is 401 g/mol. The molecule has 130 valence electrons. The van der Waals surface area contributed by atoms with Crippen LogP contribution in [0.2, 0.25) is 0 Å². The maximum atomic E-state index is 13.0. The van der Waals surface area contributed by atoms with Gasteiger partial charge in [0.25, 0.3) is 5.91 Å². The number of amides is 1. The van der Waals surface area contributed by atoms with Gasteiger partial charge < -0.3 is 14.9 Å². The minimum absolute atomic E-state index is 0.0141. The maximum absolute atomic E-state index is 13.0. The summed E-state index contributed by atoms with van der Waals surface area (Å²) in [4.78, 5) is 21.4. The summed E-state index contributed by atoms with van der Waals surface area (Å²) in [6.45, 7) is 0.764. The van der Waals surface area contributed by atoms with E-state index in [0.29, 0.717) is 12.2 Å². The van der Waals surface area contributed by atoms with Gasteiger partial charge in [0.15, 0.2) is 0 Å². The van der Waals surface area contributed by atoms with Gasteiger partial charge in [-0.1, -0.05) is 22.0 Å². The van der Waals surface area contributed by atoms with Crippen LogP contribution < -0.4 is 4.90 Å². The van der Waals surface area contributed by atoms with Gasteiger partial charge in [0.2, 0.25) is 0 Å². The largest absolute Gasteiger partial charge is 0.394 e. The highest BCUT2D eigenvalue weighted by atomic mass is 79.9. The molecular weight excluding hydrogens is 382 g/mol. The van der Waals surface area contributed by atoms with Crippen molar-refractivity contribution in [1.29, 1.82) is 0 Å². The third-order valence-corrected chi connectivity index (χ3v) is 5.95. The Labute approximate surface area is 155 Å². The van der Waals surface area contributed by atoms with Gasteiger partial charge in [0.05, 0.1) is 18.7 Å². The molecule has 1 N–H and O–H groups in total. The van der Waals surface area contributed by atoms with Crippen LogP contribution >= 0.6 is 15.9 Å². The number of hydrogen-bond donors (Lipinski definition) is 1. The zero-order valence-electron chi connectivity index (χ0n) is 14.0. The van der Waals surface area contributed by atoms with Gasteiger partial charge in [-0.2, -0.15) is 0 Å². The van der Waals surface area contributed by atoms with E-state index in [2.05, 4.69) is 37.9 Å². The summed E-state index contributed by atoms with van der Waals surface area (Å²) in [5, 5.41) is 9.96. The molecule has 1 saturated heterocycles. The number of nitrogens with zero attached hydrogens (tertiary/aromatic N) is 3. The fourth-order valence-electron chi connectivity index (χ4n) is 4.29. The Hall–Kier alpha value is -1.92. The minimum Gasteiger partial charge on any atom is -0.394 e. The number of anilines is 1. The number of pyridine rings is 1. The highest BCUT2D eigenvalue weighted by Crippen LogP contribution is 2.49. The molecule has 1 aromatic carbocycles. The molecule has 2 aliphatic rings. The van der Waals surface area contributed by atoms with E-state index in [1.165, 1.54) is 0 Å². The summed E-state index contributed by atoms with van der Waals surface area (Å²) in [6, 6.07) is 11.5. The predicted octanol–water partition coefficient (Wildman–Crippen LogP) is 2.86. The number of likely N-dealkylation sites (N-methyl/N-ethyl adjacent to an activating group) is 1. The van der Waals surface area contributed by atoms with E-state index in [9.17, 15) is 9.90 Å². The van der Waals surface area contributed by atoms with Crippen LogP contribution in [0.1, 0.15) is 28.5 Å². The minimum atomic E-state index is -0.0414. The second-order valence-electron chi connectivity index (χ2n) is 6.67. The Bertz CT molecular complexity index is 799. The van der Waals surface area contributed by atoms with Gasteiger partial charge in [-0.3, -0.25) is 9.78 Å². The van der Waals surface area contributed by atoms with Crippen LogP contribution in [0.4, 0.5) is 5.69 Å². The molecule has 2 aromatic rings. The second kappa shape index (κ2) is 6.42. The average Bonchev–Trinajstić information content (AvgIpc) is 3.07. The highest BCUT2D eigenvalue weighted by molar-refractivity contribution is 9.10. The van der Waals surface area contributed by atoms with Crippen molar-refractivity contribution in [1.82, 2.24) is 9.88 Å². The number of likely N-dealkylation sites (tertiary alicyclic amines) is 1. The van der Waals surface area contributed by atoms with E-state index >= 15 is 0 Å². The molecule has 0 aliphatic carbocycles. The molecule has 5 nitrogen and oxygen atoms in total. The van der Waals surface area contributed by atoms with Crippen LogP contribution in [0.15, 0.2) is 47.1 Å². The molecule has 0 spiro atoms. The summed E-state index contributed by atoms with van der Waals surface area (Å²) in [5.74, 6) is 0.171. The normalized spacial score (nSPS) is 24.8. The Morgan fingerprint density at radius 1 is 1.36 bits per heavy atom. The lowest BCUT2D eigenvalue weighted by Crippen LogP contribution is -2.48. The van der Waals surface area contributed by atoms with Crippen LogP contribution in [-0.2, 0) is 0 Å².